The van der Waals surface area contributed by atoms with E-state index in [1.54, 1.807) is 6.20 Å². The number of nitrogens with zero attached hydrogens (tertiary/aromatic N) is 2. The number of carboxylic acid groups (broad SMARTS) is 1. The first-order chi connectivity index (χ1) is 10.3. The van der Waals surface area contributed by atoms with Crippen LogP contribution in [0.15, 0.2) is 6.20 Å². The van der Waals surface area contributed by atoms with Gasteiger partial charge < -0.3 is 15.7 Å². The van der Waals surface area contributed by atoms with E-state index in [1.807, 2.05) is 20.8 Å². The second-order valence-corrected chi connectivity index (χ2v) is 5.29. The van der Waals surface area contributed by atoms with E-state index in [0.29, 0.717) is 24.7 Å². The average molecular weight is 310 g/mol. The first-order valence-electron chi connectivity index (χ1n) is 7.20. The number of aliphatic carboxylic acids is 1. The lowest BCUT2D eigenvalue weighted by Gasteiger charge is -2.07. The number of aromatic nitrogens is 2. The Bertz CT molecular complexity index is 551. The summed E-state index contributed by atoms with van der Waals surface area (Å²) in [7, 11) is 0. The number of hydrogen-bond acceptors (Lipinski definition) is 4. The van der Waals surface area contributed by atoms with E-state index in [4.69, 9.17) is 5.11 Å². The van der Waals surface area contributed by atoms with Gasteiger partial charge in [0.05, 0.1) is 12.1 Å². The van der Waals surface area contributed by atoms with Crippen LogP contribution in [0.4, 0.5) is 5.69 Å². The fourth-order valence-corrected chi connectivity index (χ4v) is 1.66. The van der Waals surface area contributed by atoms with Gasteiger partial charge in [0.15, 0.2) is 5.69 Å². The molecule has 8 nitrogen and oxygen atoms in total. The van der Waals surface area contributed by atoms with Gasteiger partial charge in [-0.25, -0.2) is 0 Å². The number of amides is 2. The minimum absolute atomic E-state index is 0.131. The van der Waals surface area contributed by atoms with Gasteiger partial charge in [0.1, 0.15) is 0 Å². The minimum Gasteiger partial charge on any atom is -0.481 e. The molecule has 0 aliphatic heterocycles. The van der Waals surface area contributed by atoms with Crippen molar-refractivity contribution in [3.05, 3.63) is 11.9 Å². The Morgan fingerprint density at radius 1 is 1.32 bits per heavy atom. The predicted octanol–water partition coefficient (Wildman–Crippen LogP) is 1.09. The first-order valence-corrected chi connectivity index (χ1v) is 7.20. The van der Waals surface area contributed by atoms with Crippen molar-refractivity contribution < 1.29 is 19.5 Å². The Morgan fingerprint density at radius 3 is 2.55 bits per heavy atom. The molecule has 0 fully saturated rings. The lowest BCUT2D eigenvalue weighted by Crippen LogP contribution is -2.28. The summed E-state index contributed by atoms with van der Waals surface area (Å²) < 4.78 is 1.54. The molecular weight excluding hydrogens is 288 g/mol. The molecule has 0 bridgehead atoms. The van der Waals surface area contributed by atoms with E-state index in [2.05, 4.69) is 15.7 Å². The topological polar surface area (TPSA) is 113 Å². The maximum Gasteiger partial charge on any atom is 0.303 e. The highest BCUT2D eigenvalue weighted by atomic mass is 16.4. The van der Waals surface area contributed by atoms with Crippen molar-refractivity contribution >= 4 is 23.5 Å². The fourth-order valence-electron chi connectivity index (χ4n) is 1.66. The second kappa shape index (κ2) is 8.16. The third kappa shape index (κ3) is 5.55. The zero-order valence-electron chi connectivity index (χ0n) is 13.0. The molecule has 0 atom stereocenters. The summed E-state index contributed by atoms with van der Waals surface area (Å²) >= 11 is 0. The van der Waals surface area contributed by atoms with Gasteiger partial charge in [-0.15, -0.1) is 0 Å². The maximum atomic E-state index is 12.1. The molecule has 0 aliphatic rings. The second-order valence-electron chi connectivity index (χ2n) is 5.29. The standard InChI is InChI=1S/C14H22N4O4/c1-4-18-8-10(16-11(19)5-6-12(20)21)13(17-18)14(22)15-7-9(2)3/h8-9H,4-7H2,1-3H3,(H,15,22)(H,16,19)(H,20,21). The molecule has 0 aliphatic carbocycles. The summed E-state index contributed by atoms with van der Waals surface area (Å²) in [6, 6.07) is 0. The summed E-state index contributed by atoms with van der Waals surface area (Å²) in [6.45, 7) is 6.86. The van der Waals surface area contributed by atoms with Crippen molar-refractivity contribution in [2.24, 2.45) is 5.92 Å². The molecule has 122 valence electrons. The van der Waals surface area contributed by atoms with Crippen molar-refractivity contribution in [2.45, 2.75) is 40.2 Å². The van der Waals surface area contributed by atoms with Crippen molar-refractivity contribution in [1.82, 2.24) is 15.1 Å². The highest BCUT2D eigenvalue weighted by Gasteiger charge is 2.18. The molecule has 22 heavy (non-hydrogen) atoms. The van der Waals surface area contributed by atoms with Gasteiger partial charge in [-0.2, -0.15) is 5.10 Å². The van der Waals surface area contributed by atoms with Crippen molar-refractivity contribution in [3.63, 3.8) is 0 Å². The Hall–Kier alpha value is -2.38. The SMILES string of the molecule is CCn1cc(NC(=O)CCC(=O)O)c(C(=O)NCC(C)C)n1. The zero-order chi connectivity index (χ0) is 16.7. The van der Waals surface area contributed by atoms with Crippen LogP contribution in [0.3, 0.4) is 0 Å². The summed E-state index contributed by atoms with van der Waals surface area (Å²) in [4.78, 5) is 34.3. The predicted molar refractivity (Wildman–Crippen MR) is 80.6 cm³/mol. The summed E-state index contributed by atoms with van der Waals surface area (Å²) in [5.74, 6) is -1.58. The molecule has 0 spiro atoms. The third-order valence-corrected chi connectivity index (χ3v) is 2.81. The normalized spacial score (nSPS) is 10.5. The minimum atomic E-state index is -1.05. The van der Waals surface area contributed by atoms with Gasteiger partial charge in [-0.1, -0.05) is 13.8 Å². The molecule has 0 radical (unpaired) electrons. The van der Waals surface area contributed by atoms with Crippen molar-refractivity contribution in [1.29, 1.82) is 0 Å². The number of anilines is 1. The van der Waals surface area contributed by atoms with Gasteiger partial charge >= 0.3 is 5.97 Å². The number of aryl methyl sites for hydroxylation is 1. The number of carbonyl (C=O) groups excluding carboxylic acids is 2. The lowest BCUT2D eigenvalue weighted by molar-refractivity contribution is -0.138. The number of hydrogen-bond donors (Lipinski definition) is 3. The quantitative estimate of drug-likeness (QED) is 0.665. The molecule has 1 heterocycles. The molecule has 0 saturated heterocycles. The summed E-state index contributed by atoms with van der Waals surface area (Å²) in [5, 5.41) is 18.0. The van der Waals surface area contributed by atoms with Crippen LogP contribution < -0.4 is 10.6 Å². The maximum absolute atomic E-state index is 12.1. The third-order valence-electron chi connectivity index (χ3n) is 2.81. The molecule has 1 rings (SSSR count). The van der Waals surface area contributed by atoms with E-state index in [-0.39, 0.29) is 24.4 Å². The molecule has 1 aromatic rings. The molecule has 3 N–H and O–H groups in total. The summed E-state index contributed by atoms with van der Waals surface area (Å²) in [6.07, 6.45) is 1.14. The highest BCUT2D eigenvalue weighted by molar-refractivity contribution is 6.02. The van der Waals surface area contributed by atoms with Gasteiger partial charge in [0.2, 0.25) is 5.91 Å². The molecule has 1 aromatic heterocycles. The molecule has 0 aromatic carbocycles. The van der Waals surface area contributed by atoms with E-state index >= 15 is 0 Å². The van der Waals surface area contributed by atoms with Crippen LogP contribution >= 0.6 is 0 Å². The average Bonchev–Trinajstić information content (AvgIpc) is 2.85. The van der Waals surface area contributed by atoms with E-state index < -0.39 is 11.9 Å². The van der Waals surface area contributed by atoms with Gasteiger partial charge in [-0.3, -0.25) is 19.1 Å². The van der Waals surface area contributed by atoms with Gasteiger partial charge in [0.25, 0.3) is 5.91 Å². The first kappa shape index (κ1) is 17.7. The summed E-state index contributed by atoms with van der Waals surface area (Å²) in [5.41, 5.74) is 0.421. The number of carboxylic acids is 1. The van der Waals surface area contributed by atoms with E-state index in [9.17, 15) is 14.4 Å². The Balaban J connectivity index is 2.80. The van der Waals surface area contributed by atoms with Crippen LogP contribution in [-0.4, -0.2) is 39.2 Å². The molecular formula is C14H22N4O4. The van der Waals surface area contributed by atoms with Crippen molar-refractivity contribution in [3.8, 4) is 0 Å². The van der Waals surface area contributed by atoms with Gasteiger partial charge in [0, 0.05) is 25.7 Å². The molecule has 0 unspecified atom stereocenters. The zero-order valence-corrected chi connectivity index (χ0v) is 13.0. The smallest absolute Gasteiger partial charge is 0.303 e. The Labute approximate surface area is 128 Å². The lowest BCUT2D eigenvalue weighted by atomic mass is 10.2. The van der Waals surface area contributed by atoms with Crippen LogP contribution in [-0.2, 0) is 16.1 Å². The van der Waals surface area contributed by atoms with Crippen LogP contribution in [0.25, 0.3) is 0 Å². The van der Waals surface area contributed by atoms with E-state index in [1.165, 1.54) is 4.68 Å². The molecule has 8 heteroatoms. The van der Waals surface area contributed by atoms with Gasteiger partial charge in [-0.05, 0) is 12.8 Å². The number of nitrogens with one attached hydrogen (secondary N) is 2. The molecule has 0 saturated carbocycles. The van der Waals surface area contributed by atoms with Crippen LogP contribution in [0.5, 0.6) is 0 Å². The van der Waals surface area contributed by atoms with E-state index in [0.717, 1.165) is 0 Å². The highest BCUT2D eigenvalue weighted by Crippen LogP contribution is 2.14. The number of rotatable bonds is 8. The molecule has 2 amide bonds. The van der Waals surface area contributed by atoms with Crippen LogP contribution in [0.2, 0.25) is 0 Å². The Kier molecular flexibility index (Phi) is 6.55. The fraction of sp³-hybridized carbons (Fsp3) is 0.571. The Morgan fingerprint density at radius 2 is 2.00 bits per heavy atom. The van der Waals surface area contributed by atoms with Crippen LogP contribution in [0, 0.1) is 5.92 Å². The monoisotopic (exact) mass is 310 g/mol. The largest absolute Gasteiger partial charge is 0.481 e. The van der Waals surface area contributed by atoms with Crippen molar-refractivity contribution in [2.75, 3.05) is 11.9 Å². The number of carbonyl (C=O) groups is 3. The van der Waals surface area contributed by atoms with Crippen LogP contribution in [0.1, 0.15) is 44.1 Å².